The Labute approximate surface area is 123 Å². The van der Waals surface area contributed by atoms with Crippen molar-refractivity contribution in [3.8, 4) is 0 Å². The molecule has 1 aromatic rings. The molecule has 0 spiro atoms. The van der Waals surface area contributed by atoms with Crippen molar-refractivity contribution in [2.24, 2.45) is 0 Å². The zero-order valence-corrected chi connectivity index (χ0v) is 12.6. The number of halogens is 1. The Kier molecular flexibility index (Phi) is 3.29. The van der Waals surface area contributed by atoms with Crippen molar-refractivity contribution in [2.45, 2.75) is 25.4 Å². The highest BCUT2D eigenvalue weighted by atomic mass is 31.0. The van der Waals surface area contributed by atoms with Crippen LogP contribution in [0.15, 0.2) is 12.1 Å². The number of imide groups is 1. The summed E-state index contributed by atoms with van der Waals surface area (Å²) in [6.07, 6.45) is 0.550. The second-order valence-corrected chi connectivity index (χ2v) is 5.93. The number of likely N-dealkylation sites (N-methyl/N-ethyl adjacent to an activating group) is 1. The number of carbonyl (C=O) groups excluding carboxylic acids is 3. The lowest BCUT2D eigenvalue weighted by molar-refractivity contribution is -0.150. The summed E-state index contributed by atoms with van der Waals surface area (Å²) in [5, 5.41) is 0.325. The number of rotatable bonds is 1. The molecule has 0 bridgehead atoms. The monoisotopic (exact) mass is 308 g/mol. The molecule has 1 saturated heterocycles. The van der Waals surface area contributed by atoms with E-state index in [1.807, 2.05) is 0 Å². The van der Waals surface area contributed by atoms with Crippen molar-refractivity contribution in [1.29, 1.82) is 0 Å². The molecule has 0 aliphatic carbocycles. The van der Waals surface area contributed by atoms with Gasteiger partial charge in [-0.3, -0.25) is 19.3 Å². The normalized spacial score (nSPS) is 22.0. The number of hydrogen-bond acceptors (Lipinski definition) is 3. The van der Waals surface area contributed by atoms with Crippen molar-refractivity contribution in [3.05, 3.63) is 29.1 Å². The van der Waals surface area contributed by atoms with Crippen LogP contribution >= 0.6 is 9.24 Å². The Morgan fingerprint density at radius 2 is 2.00 bits per heavy atom. The van der Waals surface area contributed by atoms with Crippen LogP contribution in [0.1, 0.15) is 28.8 Å². The SMILES string of the molecule is CN1C(=O)CCC(N2Cc3cc(F)c(P)cc3C2=O)C1=O. The van der Waals surface area contributed by atoms with Crippen LogP contribution in [0, 0.1) is 5.82 Å². The van der Waals surface area contributed by atoms with E-state index in [-0.39, 0.29) is 30.7 Å². The topological polar surface area (TPSA) is 57.7 Å². The summed E-state index contributed by atoms with van der Waals surface area (Å²) in [7, 11) is 3.67. The first-order valence-electron chi connectivity index (χ1n) is 6.59. The summed E-state index contributed by atoms with van der Waals surface area (Å²) in [4.78, 5) is 38.6. The van der Waals surface area contributed by atoms with Gasteiger partial charge in [0, 0.05) is 30.9 Å². The minimum Gasteiger partial charge on any atom is -0.322 e. The number of likely N-dealkylation sites (tertiary alicyclic amines) is 1. The number of nitrogens with zero attached hydrogens (tertiary/aromatic N) is 2. The highest BCUT2D eigenvalue weighted by molar-refractivity contribution is 7.27. The summed E-state index contributed by atoms with van der Waals surface area (Å²) < 4.78 is 13.6. The molecule has 7 heteroatoms. The molecular weight excluding hydrogens is 294 g/mol. The van der Waals surface area contributed by atoms with E-state index in [9.17, 15) is 18.8 Å². The molecule has 0 radical (unpaired) electrons. The van der Waals surface area contributed by atoms with Crippen LogP contribution in [0.4, 0.5) is 4.39 Å². The van der Waals surface area contributed by atoms with E-state index < -0.39 is 11.9 Å². The van der Waals surface area contributed by atoms with E-state index in [0.717, 1.165) is 4.90 Å². The van der Waals surface area contributed by atoms with E-state index in [1.165, 1.54) is 24.1 Å². The molecule has 0 saturated carbocycles. The Morgan fingerprint density at radius 1 is 1.29 bits per heavy atom. The highest BCUT2D eigenvalue weighted by Gasteiger charge is 2.41. The minimum atomic E-state index is -0.649. The predicted molar refractivity (Wildman–Crippen MR) is 76.4 cm³/mol. The van der Waals surface area contributed by atoms with Crippen molar-refractivity contribution in [3.63, 3.8) is 0 Å². The highest BCUT2D eigenvalue weighted by Crippen LogP contribution is 2.29. The molecule has 3 rings (SSSR count). The zero-order chi connectivity index (χ0) is 15.3. The van der Waals surface area contributed by atoms with E-state index in [2.05, 4.69) is 9.24 Å². The quantitative estimate of drug-likeness (QED) is 0.558. The van der Waals surface area contributed by atoms with Gasteiger partial charge in [-0.1, -0.05) is 0 Å². The van der Waals surface area contributed by atoms with Crippen LogP contribution in [-0.2, 0) is 16.1 Å². The molecule has 0 N–H and O–H groups in total. The van der Waals surface area contributed by atoms with Crippen LogP contribution in [0.5, 0.6) is 0 Å². The van der Waals surface area contributed by atoms with Gasteiger partial charge in [0.1, 0.15) is 11.9 Å². The Morgan fingerprint density at radius 3 is 2.71 bits per heavy atom. The van der Waals surface area contributed by atoms with Gasteiger partial charge in [0.05, 0.1) is 0 Å². The lowest BCUT2D eigenvalue weighted by Crippen LogP contribution is -2.53. The molecule has 2 heterocycles. The van der Waals surface area contributed by atoms with E-state index in [4.69, 9.17) is 0 Å². The third-order valence-electron chi connectivity index (χ3n) is 4.05. The second-order valence-electron chi connectivity index (χ2n) is 5.31. The third-order valence-corrected chi connectivity index (χ3v) is 4.49. The van der Waals surface area contributed by atoms with Crippen LogP contribution in [0.3, 0.4) is 0 Å². The molecule has 0 aromatic heterocycles. The smallest absolute Gasteiger partial charge is 0.255 e. The van der Waals surface area contributed by atoms with Gasteiger partial charge in [0.25, 0.3) is 11.8 Å². The predicted octanol–water partition coefficient (Wildman–Crippen LogP) is 0.429. The van der Waals surface area contributed by atoms with E-state index >= 15 is 0 Å². The van der Waals surface area contributed by atoms with Gasteiger partial charge in [-0.2, -0.15) is 0 Å². The maximum atomic E-state index is 13.6. The average Bonchev–Trinajstić information content (AvgIpc) is 2.74. The lowest BCUT2D eigenvalue weighted by Gasteiger charge is -2.33. The van der Waals surface area contributed by atoms with Crippen molar-refractivity contribution in [2.75, 3.05) is 7.05 Å². The number of piperidine rings is 1. The first-order chi connectivity index (χ1) is 9.90. The number of amides is 3. The summed E-state index contributed by atoms with van der Waals surface area (Å²) in [5.41, 5.74) is 1.00. The number of carbonyl (C=O) groups is 3. The molecule has 3 amide bonds. The molecule has 2 unspecified atom stereocenters. The molecular formula is C14H14FN2O3P. The fourth-order valence-corrected chi connectivity index (χ4v) is 3.06. The van der Waals surface area contributed by atoms with Gasteiger partial charge in [-0.05, 0) is 24.1 Å². The zero-order valence-electron chi connectivity index (χ0n) is 11.4. The molecule has 21 heavy (non-hydrogen) atoms. The van der Waals surface area contributed by atoms with E-state index in [1.54, 1.807) is 0 Å². The summed E-state index contributed by atoms with van der Waals surface area (Å²) in [5.74, 6) is -1.29. The lowest BCUT2D eigenvalue weighted by atomic mass is 10.0. The van der Waals surface area contributed by atoms with Gasteiger partial charge in [0.15, 0.2) is 0 Å². The van der Waals surface area contributed by atoms with Gasteiger partial charge < -0.3 is 4.90 Å². The van der Waals surface area contributed by atoms with Crippen molar-refractivity contribution in [1.82, 2.24) is 9.80 Å². The van der Waals surface area contributed by atoms with Crippen LogP contribution in [0.25, 0.3) is 0 Å². The summed E-state index contributed by atoms with van der Waals surface area (Å²) >= 11 is 0. The van der Waals surface area contributed by atoms with Gasteiger partial charge in [-0.25, -0.2) is 4.39 Å². The molecule has 2 atom stereocenters. The standard InChI is InChI=1S/C14H14FN2O3P/c1-16-12(18)3-2-10(14(16)20)17-6-7-4-9(15)11(21)5-8(7)13(17)19/h4-5,10H,2-3,6,21H2,1H3. The molecule has 110 valence electrons. The van der Waals surface area contributed by atoms with Gasteiger partial charge in [-0.15, -0.1) is 9.24 Å². The fraction of sp³-hybridized carbons (Fsp3) is 0.357. The van der Waals surface area contributed by atoms with Crippen LogP contribution in [0.2, 0.25) is 0 Å². The van der Waals surface area contributed by atoms with E-state index in [0.29, 0.717) is 22.9 Å². The largest absolute Gasteiger partial charge is 0.322 e. The van der Waals surface area contributed by atoms with Crippen LogP contribution < -0.4 is 5.30 Å². The Bertz CT molecular complexity index is 676. The second kappa shape index (κ2) is 4.88. The minimum absolute atomic E-state index is 0.203. The maximum absolute atomic E-state index is 13.6. The number of fused-ring (bicyclic) bond motifs is 1. The average molecular weight is 308 g/mol. The fourth-order valence-electron chi connectivity index (χ4n) is 2.81. The van der Waals surface area contributed by atoms with Gasteiger partial charge >= 0.3 is 0 Å². The third kappa shape index (κ3) is 2.14. The molecule has 2 aliphatic heterocycles. The van der Waals surface area contributed by atoms with Gasteiger partial charge in [0.2, 0.25) is 5.91 Å². The molecule has 2 aliphatic rings. The Balaban J connectivity index is 1.91. The Hall–Kier alpha value is -1.81. The number of hydrogen-bond donors (Lipinski definition) is 0. The van der Waals surface area contributed by atoms with Crippen molar-refractivity contribution < 1.29 is 18.8 Å². The molecule has 1 fully saturated rings. The maximum Gasteiger partial charge on any atom is 0.255 e. The van der Waals surface area contributed by atoms with Crippen molar-refractivity contribution >= 4 is 32.3 Å². The number of benzene rings is 1. The molecule has 5 nitrogen and oxygen atoms in total. The van der Waals surface area contributed by atoms with Crippen LogP contribution in [-0.4, -0.2) is 40.6 Å². The summed E-state index contributed by atoms with van der Waals surface area (Å²) in [6, 6.07) is 2.17. The first kappa shape index (κ1) is 14.1. The summed E-state index contributed by atoms with van der Waals surface area (Å²) in [6.45, 7) is 0.203. The molecule has 1 aromatic carbocycles. The first-order valence-corrected chi connectivity index (χ1v) is 7.17.